The second-order valence-electron chi connectivity index (χ2n) is 16.9. The van der Waals surface area contributed by atoms with E-state index in [1.165, 1.54) is 72.4 Å². The Bertz CT molecular complexity index is 2260. The van der Waals surface area contributed by atoms with Crippen molar-refractivity contribution in [3.63, 3.8) is 0 Å². The Balaban J connectivity index is 1.23. The molecule has 1 saturated heterocycles. The second kappa shape index (κ2) is 20.0. The fourth-order valence-electron chi connectivity index (χ4n) is 7.05. The van der Waals surface area contributed by atoms with E-state index in [2.05, 4.69) is 20.5 Å². The van der Waals surface area contributed by atoms with Crippen LogP contribution >= 0.6 is 11.8 Å². The van der Waals surface area contributed by atoms with Gasteiger partial charge in [0.05, 0.1) is 25.3 Å². The number of hydrogen-bond acceptors (Lipinski definition) is 11. The van der Waals surface area contributed by atoms with E-state index in [1.807, 2.05) is 0 Å². The van der Waals surface area contributed by atoms with Crippen LogP contribution in [0, 0.1) is 17.5 Å². The van der Waals surface area contributed by atoms with E-state index in [-0.39, 0.29) is 37.9 Å². The van der Waals surface area contributed by atoms with Crippen LogP contribution in [0.1, 0.15) is 76.1 Å². The summed E-state index contributed by atoms with van der Waals surface area (Å²) in [4.78, 5) is 46.9. The molecule has 1 aliphatic rings. The summed E-state index contributed by atoms with van der Waals surface area (Å²) in [5.74, 6) is -2.30. The Hall–Kier alpha value is -5.74. The average Bonchev–Trinajstić information content (AvgIpc) is 3.69. The zero-order valence-corrected chi connectivity index (χ0v) is 36.2. The minimum atomic E-state index is -1.31. The summed E-state index contributed by atoms with van der Waals surface area (Å²) < 4.78 is 67.8. The Kier molecular flexibility index (Phi) is 14.7. The van der Waals surface area contributed by atoms with E-state index in [1.54, 1.807) is 77.0 Å². The molecule has 1 fully saturated rings. The highest BCUT2D eigenvalue weighted by molar-refractivity contribution is 7.99. The number of carbonyl (C=O) groups is 3. The summed E-state index contributed by atoms with van der Waals surface area (Å²) in [6.45, 7) is 10.8. The maximum Gasteiger partial charge on any atom is 0.410 e. The topological polar surface area (TPSA) is 146 Å². The van der Waals surface area contributed by atoms with Gasteiger partial charge >= 0.3 is 12.2 Å². The number of pyridine rings is 1. The van der Waals surface area contributed by atoms with Crippen LogP contribution in [-0.4, -0.2) is 86.3 Å². The molecule has 3 heterocycles. The van der Waals surface area contributed by atoms with Crippen molar-refractivity contribution < 1.29 is 46.2 Å². The van der Waals surface area contributed by atoms with E-state index in [0.717, 1.165) is 0 Å². The number of ether oxygens (including phenoxy) is 3. The number of aromatic nitrogens is 3. The number of nitrogens with one attached hydrogen (secondary N) is 1. The Morgan fingerprint density at radius 3 is 2.05 bits per heavy atom. The van der Waals surface area contributed by atoms with Gasteiger partial charge in [-0.3, -0.25) is 9.78 Å². The highest BCUT2D eigenvalue weighted by atomic mass is 32.2. The molecule has 0 radical (unpaired) electrons. The van der Waals surface area contributed by atoms with Crippen LogP contribution in [0.25, 0.3) is 11.5 Å². The molecule has 328 valence electrons. The minimum Gasteiger partial charge on any atom is -0.444 e. The number of morpholine rings is 1. The number of alkyl carbamates (subject to hydrolysis) is 1. The smallest absolute Gasteiger partial charge is 0.410 e. The van der Waals surface area contributed by atoms with Crippen molar-refractivity contribution in [2.75, 3.05) is 18.8 Å². The first-order valence-electron chi connectivity index (χ1n) is 20.2. The summed E-state index contributed by atoms with van der Waals surface area (Å²) in [6, 6.07) is 17.6. The lowest BCUT2D eigenvalue weighted by atomic mass is 9.81. The molecule has 0 saturated carbocycles. The molecule has 0 bridgehead atoms. The molecule has 1 aliphatic heterocycles. The van der Waals surface area contributed by atoms with Crippen molar-refractivity contribution in [1.29, 1.82) is 0 Å². The highest BCUT2D eigenvalue weighted by Crippen LogP contribution is 2.32. The highest BCUT2D eigenvalue weighted by Gasteiger charge is 2.36. The van der Waals surface area contributed by atoms with Crippen LogP contribution in [0.2, 0.25) is 0 Å². The number of hydrogen-bond donors (Lipinski definition) is 1. The van der Waals surface area contributed by atoms with Crippen LogP contribution in [0.3, 0.4) is 0 Å². The largest absolute Gasteiger partial charge is 0.444 e. The number of Topliss-reactive ketones (excluding diaryl/α,β-unsaturated/α-hetero) is 1. The molecule has 2 amide bonds. The molecule has 62 heavy (non-hydrogen) atoms. The molecule has 6 rings (SSSR count). The number of rotatable bonds is 14. The van der Waals surface area contributed by atoms with Gasteiger partial charge in [0, 0.05) is 36.0 Å². The lowest BCUT2D eigenvalue weighted by Crippen LogP contribution is -2.52. The number of benzene rings is 3. The van der Waals surface area contributed by atoms with E-state index < -0.39 is 70.8 Å². The minimum absolute atomic E-state index is 0.129. The summed E-state index contributed by atoms with van der Waals surface area (Å²) in [5.41, 5.74) is 0.623. The lowest BCUT2D eigenvalue weighted by molar-refractivity contribution is -0.120. The SMILES string of the molecule is CC(C)(C)OC(=O)N[C@H](C(=O)Cc1cccc(F)c1CC[C@@H]1CN(C(=O)OC(C)(C)C)C[C@@H](CSc2nnc(-c3ccncc3)o2)O1)C(c1ccc(F)cc1)c1ccc(F)cc1. The third-order valence-corrected chi connectivity index (χ3v) is 10.7. The standard InChI is InChI=1S/C46H50F3N5O7S/c1-45(2,3)60-42(56)51-40(39(28-10-14-32(47)15-11-28)29-12-16-33(48)17-13-29)38(55)24-31-8-7-9-37(49)36(31)19-18-34-25-54(44(57)61-46(4,5)6)26-35(58-34)27-62-43-53-52-41(59-43)30-20-22-50-23-21-30/h7-17,20-23,34-35,39-40H,18-19,24-27H2,1-6H3,(H,51,56)/t34-,35+,40-/m1/s1. The van der Waals surface area contributed by atoms with Gasteiger partial charge in [0.25, 0.3) is 5.22 Å². The third kappa shape index (κ3) is 12.9. The fraction of sp³-hybridized carbons (Fsp3) is 0.391. The van der Waals surface area contributed by atoms with Gasteiger partial charge in [0.15, 0.2) is 5.78 Å². The van der Waals surface area contributed by atoms with Crippen molar-refractivity contribution in [1.82, 2.24) is 25.4 Å². The molecular formula is C46H50F3N5O7S. The first-order chi connectivity index (χ1) is 29.4. The maximum atomic E-state index is 15.9. The zero-order valence-electron chi connectivity index (χ0n) is 35.4. The van der Waals surface area contributed by atoms with E-state index in [9.17, 15) is 23.2 Å². The maximum absolute atomic E-state index is 15.9. The van der Waals surface area contributed by atoms with Gasteiger partial charge < -0.3 is 28.8 Å². The van der Waals surface area contributed by atoms with E-state index in [4.69, 9.17) is 18.6 Å². The quantitative estimate of drug-likeness (QED) is 0.107. The molecule has 0 unspecified atom stereocenters. The molecule has 1 N–H and O–H groups in total. The third-order valence-electron chi connectivity index (χ3n) is 9.72. The fourth-order valence-corrected chi connectivity index (χ4v) is 7.80. The van der Waals surface area contributed by atoms with Crippen molar-refractivity contribution in [3.8, 4) is 11.5 Å². The normalized spacial score (nSPS) is 16.2. The van der Waals surface area contributed by atoms with Crippen molar-refractivity contribution in [2.24, 2.45) is 0 Å². The van der Waals surface area contributed by atoms with Crippen molar-refractivity contribution >= 4 is 29.7 Å². The van der Waals surface area contributed by atoms with Gasteiger partial charge in [-0.1, -0.05) is 48.2 Å². The number of amides is 2. The molecule has 3 atom stereocenters. The molecule has 5 aromatic rings. The van der Waals surface area contributed by atoms with E-state index >= 15 is 4.39 Å². The van der Waals surface area contributed by atoms with Gasteiger partial charge in [0.2, 0.25) is 5.89 Å². The van der Waals surface area contributed by atoms with Gasteiger partial charge in [0.1, 0.15) is 34.7 Å². The number of ketones is 1. The number of halogens is 3. The van der Waals surface area contributed by atoms with Crippen molar-refractivity contribution in [2.45, 2.75) is 101 Å². The summed E-state index contributed by atoms with van der Waals surface area (Å²) in [6.07, 6.45) is 0.892. The van der Waals surface area contributed by atoms with Crippen LogP contribution in [0.4, 0.5) is 22.8 Å². The van der Waals surface area contributed by atoms with Crippen LogP contribution < -0.4 is 5.32 Å². The molecule has 16 heteroatoms. The summed E-state index contributed by atoms with van der Waals surface area (Å²) in [5, 5.41) is 11.3. The Morgan fingerprint density at radius 1 is 0.823 bits per heavy atom. The molecular weight excluding hydrogens is 824 g/mol. The lowest BCUT2D eigenvalue weighted by Gasteiger charge is -2.38. The van der Waals surface area contributed by atoms with Crippen LogP contribution in [0.5, 0.6) is 0 Å². The predicted molar refractivity (Wildman–Crippen MR) is 226 cm³/mol. The number of carbonyl (C=O) groups excluding carboxylic acids is 3. The van der Waals surface area contributed by atoms with Gasteiger partial charge in [-0.2, -0.15) is 0 Å². The van der Waals surface area contributed by atoms with Crippen molar-refractivity contribution in [3.05, 3.63) is 131 Å². The predicted octanol–water partition coefficient (Wildman–Crippen LogP) is 9.12. The van der Waals surface area contributed by atoms with Crippen LogP contribution in [-0.2, 0) is 31.8 Å². The Labute approximate surface area is 362 Å². The van der Waals surface area contributed by atoms with Gasteiger partial charge in [-0.15, -0.1) is 10.2 Å². The van der Waals surface area contributed by atoms with Gasteiger partial charge in [-0.05, 0) is 119 Å². The molecule has 3 aromatic carbocycles. The first-order valence-corrected chi connectivity index (χ1v) is 21.2. The first kappa shape index (κ1) is 45.8. The number of thioether (sulfide) groups is 1. The average molecular weight is 874 g/mol. The number of nitrogens with zero attached hydrogens (tertiary/aromatic N) is 4. The molecule has 0 aliphatic carbocycles. The molecule has 12 nitrogen and oxygen atoms in total. The van der Waals surface area contributed by atoms with Gasteiger partial charge in [-0.25, -0.2) is 22.8 Å². The molecule has 2 aromatic heterocycles. The molecule has 0 spiro atoms. The second-order valence-corrected chi connectivity index (χ2v) is 17.9. The Morgan fingerprint density at radius 2 is 1.44 bits per heavy atom. The zero-order chi connectivity index (χ0) is 44.6. The van der Waals surface area contributed by atoms with E-state index in [0.29, 0.717) is 39.1 Å². The van der Waals surface area contributed by atoms with Crippen LogP contribution in [0.15, 0.2) is 101 Å². The summed E-state index contributed by atoms with van der Waals surface area (Å²) in [7, 11) is 0. The summed E-state index contributed by atoms with van der Waals surface area (Å²) >= 11 is 1.27. The monoisotopic (exact) mass is 873 g/mol.